The van der Waals surface area contributed by atoms with Gasteiger partial charge in [-0.1, -0.05) is 0 Å². The molecule has 3 aromatic heterocycles. The van der Waals surface area contributed by atoms with Gasteiger partial charge in [-0.3, -0.25) is 9.38 Å². The van der Waals surface area contributed by atoms with Crippen molar-refractivity contribution in [3.05, 3.63) is 66.5 Å². The molecule has 9 heteroatoms. The Bertz CT molecular complexity index is 1130. The molecule has 3 heterocycles. The highest BCUT2D eigenvalue weighted by molar-refractivity contribution is 5.66. The van der Waals surface area contributed by atoms with Crippen LogP contribution in [0.5, 0.6) is 5.75 Å². The van der Waals surface area contributed by atoms with Crippen LogP contribution in [0, 0.1) is 12.7 Å². The van der Waals surface area contributed by atoms with Crippen LogP contribution in [-0.2, 0) is 0 Å². The van der Waals surface area contributed by atoms with E-state index in [1.165, 1.54) is 30.6 Å². The van der Waals surface area contributed by atoms with Crippen LogP contribution in [0.25, 0.3) is 17.0 Å². The first-order valence-corrected chi connectivity index (χ1v) is 8.28. The minimum Gasteiger partial charge on any atom is -0.435 e. The first-order valence-electron chi connectivity index (χ1n) is 8.28. The highest BCUT2D eigenvalue weighted by Gasteiger charge is 2.14. The van der Waals surface area contributed by atoms with Gasteiger partial charge in [0, 0.05) is 11.9 Å². The zero-order valence-corrected chi connectivity index (χ0v) is 14.6. The van der Waals surface area contributed by atoms with Gasteiger partial charge in [-0.25, -0.2) is 14.4 Å². The maximum absolute atomic E-state index is 13.7. The van der Waals surface area contributed by atoms with Crippen LogP contribution < -0.4 is 10.1 Å². The topological polar surface area (TPSA) is 64.3 Å². The van der Waals surface area contributed by atoms with E-state index in [4.69, 9.17) is 0 Å². The number of rotatable bonds is 5. The summed E-state index contributed by atoms with van der Waals surface area (Å²) >= 11 is 0. The van der Waals surface area contributed by atoms with Crippen molar-refractivity contribution in [2.24, 2.45) is 0 Å². The second kappa shape index (κ2) is 7.18. The third-order valence-electron chi connectivity index (χ3n) is 3.99. The summed E-state index contributed by atoms with van der Waals surface area (Å²) in [7, 11) is 0. The molecule has 4 rings (SSSR count). The first-order chi connectivity index (χ1) is 13.5. The highest BCUT2D eigenvalue weighted by atomic mass is 19.3. The van der Waals surface area contributed by atoms with Crippen molar-refractivity contribution in [3.63, 3.8) is 0 Å². The Labute approximate surface area is 157 Å². The molecule has 0 bridgehead atoms. The van der Waals surface area contributed by atoms with Gasteiger partial charge in [0.05, 0.1) is 23.8 Å². The number of ether oxygens (including phenoxy) is 1. The zero-order valence-electron chi connectivity index (χ0n) is 14.6. The summed E-state index contributed by atoms with van der Waals surface area (Å²) in [6.45, 7) is -1.07. The molecule has 0 spiro atoms. The van der Waals surface area contributed by atoms with E-state index in [1.807, 2.05) is 6.92 Å². The van der Waals surface area contributed by atoms with E-state index in [1.54, 1.807) is 28.8 Å². The van der Waals surface area contributed by atoms with E-state index in [9.17, 15) is 13.2 Å². The third-order valence-corrected chi connectivity index (χ3v) is 3.99. The minimum absolute atomic E-state index is 0.0590. The number of hydrogen-bond donors (Lipinski definition) is 1. The molecule has 0 fully saturated rings. The molecule has 0 aliphatic heterocycles. The van der Waals surface area contributed by atoms with Gasteiger partial charge in [-0.05, 0) is 43.3 Å². The van der Waals surface area contributed by atoms with Crippen LogP contribution in [0.2, 0.25) is 0 Å². The number of imidazole rings is 1. The molecule has 0 unspecified atom stereocenters. The molecule has 0 saturated carbocycles. The van der Waals surface area contributed by atoms with Crippen LogP contribution in [0.1, 0.15) is 5.69 Å². The van der Waals surface area contributed by atoms with Gasteiger partial charge >= 0.3 is 6.61 Å². The smallest absolute Gasteiger partial charge is 0.387 e. The van der Waals surface area contributed by atoms with E-state index in [-0.39, 0.29) is 11.6 Å². The second-order valence-corrected chi connectivity index (χ2v) is 5.94. The molecule has 6 nitrogen and oxygen atoms in total. The van der Waals surface area contributed by atoms with Crippen molar-refractivity contribution in [1.29, 1.82) is 0 Å². The molecule has 1 aromatic carbocycles. The van der Waals surface area contributed by atoms with Crippen molar-refractivity contribution in [2.75, 3.05) is 5.32 Å². The fourth-order valence-corrected chi connectivity index (χ4v) is 2.85. The zero-order chi connectivity index (χ0) is 19.7. The predicted molar refractivity (Wildman–Crippen MR) is 97.3 cm³/mol. The summed E-state index contributed by atoms with van der Waals surface area (Å²) in [4.78, 5) is 13.1. The van der Waals surface area contributed by atoms with E-state index in [0.29, 0.717) is 34.2 Å². The summed E-state index contributed by atoms with van der Waals surface area (Å²) in [5, 5.41) is 3.05. The standard InChI is InChI=1S/C19H14F3N5O/c1-11-18(27-10-12(20)2-7-17(27)24-11)15-8-23-9-16(26-15)25-13-3-5-14(6-4-13)28-19(21)22/h2-10,19H,1H3,(H,25,26). The van der Waals surface area contributed by atoms with Crippen LogP contribution in [0.15, 0.2) is 55.0 Å². The van der Waals surface area contributed by atoms with Gasteiger partial charge in [0.1, 0.15) is 28.7 Å². The molecule has 0 aliphatic carbocycles. The SMILES string of the molecule is Cc1nc2ccc(F)cn2c1-c1cncc(Nc2ccc(OC(F)F)cc2)n1. The van der Waals surface area contributed by atoms with Gasteiger partial charge in [0.15, 0.2) is 0 Å². The fraction of sp³-hybridized carbons (Fsp3) is 0.105. The summed E-state index contributed by atoms with van der Waals surface area (Å²) < 4.78 is 44.1. The number of nitrogens with one attached hydrogen (secondary N) is 1. The van der Waals surface area contributed by atoms with E-state index >= 15 is 0 Å². The van der Waals surface area contributed by atoms with Gasteiger partial charge in [0.2, 0.25) is 0 Å². The van der Waals surface area contributed by atoms with Crippen molar-refractivity contribution >= 4 is 17.2 Å². The number of pyridine rings is 1. The van der Waals surface area contributed by atoms with E-state index in [0.717, 1.165) is 0 Å². The number of nitrogens with zero attached hydrogens (tertiary/aromatic N) is 4. The summed E-state index contributed by atoms with van der Waals surface area (Å²) in [6.07, 6.45) is 4.42. The second-order valence-electron chi connectivity index (χ2n) is 5.94. The van der Waals surface area contributed by atoms with Crippen LogP contribution in [0.3, 0.4) is 0 Å². The summed E-state index contributed by atoms with van der Waals surface area (Å²) in [6, 6.07) is 8.94. The summed E-state index contributed by atoms with van der Waals surface area (Å²) in [5.74, 6) is 0.106. The van der Waals surface area contributed by atoms with Crippen molar-refractivity contribution in [1.82, 2.24) is 19.4 Å². The number of aryl methyl sites for hydroxylation is 1. The fourth-order valence-electron chi connectivity index (χ4n) is 2.85. The monoisotopic (exact) mass is 385 g/mol. The van der Waals surface area contributed by atoms with Crippen molar-refractivity contribution in [3.8, 4) is 17.1 Å². The summed E-state index contributed by atoms with van der Waals surface area (Å²) in [5.41, 5.74) is 3.05. The number of hydrogen-bond acceptors (Lipinski definition) is 5. The highest BCUT2D eigenvalue weighted by Crippen LogP contribution is 2.25. The maximum Gasteiger partial charge on any atom is 0.387 e. The maximum atomic E-state index is 13.7. The van der Waals surface area contributed by atoms with Crippen molar-refractivity contribution in [2.45, 2.75) is 13.5 Å². The molecule has 4 aromatic rings. The average molecular weight is 385 g/mol. The number of benzene rings is 1. The van der Waals surface area contributed by atoms with E-state index in [2.05, 4.69) is 25.0 Å². The van der Waals surface area contributed by atoms with Crippen LogP contribution in [0.4, 0.5) is 24.7 Å². The number of halogens is 3. The molecule has 1 N–H and O–H groups in total. The molecule has 142 valence electrons. The number of alkyl halides is 2. The Kier molecular flexibility index (Phi) is 4.56. The Morgan fingerprint density at radius 3 is 2.57 bits per heavy atom. The van der Waals surface area contributed by atoms with Gasteiger partial charge < -0.3 is 10.1 Å². The van der Waals surface area contributed by atoms with Crippen LogP contribution >= 0.6 is 0 Å². The largest absolute Gasteiger partial charge is 0.435 e. The van der Waals surface area contributed by atoms with Gasteiger partial charge in [-0.15, -0.1) is 0 Å². The predicted octanol–water partition coefficient (Wildman–Crippen LogP) is 4.58. The van der Waals surface area contributed by atoms with Gasteiger partial charge in [-0.2, -0.15) is 8.78 Å². The number of aromatic nitrogens is 4. The average Bonchev–Trinajstić information content (AvgIpc) is 2.98. The quantitative estimate of drug-likeness (QED) is 0.545. The Hall–Kier alpha value is -3.62. The van der Waals surface area contributed by atoms with Crippen LogP contribution in [-0.4, -0.2) is 26.0 Å². The molecular weight excluding hydrogens is 371 g/mol. The first kappa shape index (κ1) is 17.8. The molecule has 0 aliphatic rings. The molecule has 0 radical (unpaired) electrons. The van der Waals surface area contributed by atoms with Crippen molar-refractivity contribution < 1.29 is 17.9 Å². The van der Waals surface area contributed by atoms with E-state index < -0.39 is 6.61 Å². The Morgan fingerprint density at radius 1 is 1.04 bits per heavy atom. The Balaban J connectivity index is 1.64. The lowest BCUT2D eigenvalue weighted by Gasteiger charge is -2.09. The lowest BCUT2D eigenvalue weighted by molar-refractivity contribution is -0.0498. The van der Waals surface area contributed by atoms with Gasteiger partial charge in [0.25, 0.3) is 0 Å². The molecule has 0 atom stereocenters. The lowest BCUT2D eigenvalue weighted by Crippen LogP contribution is -2.02. The minimum atomic E-state index is -2.88. The Morgan fingerprint density at radius 2 is 1.82 bits per heavy atom. The lowest BCUT2D eigenvalue weighted by atomic mass is 10.2. The molecule has 0 saturated heterocycles. The normalized spacial score (nSPS) is 11.2. The third kappa shape index (κ3) is 3.59. The number of fused-ring (bicyclic) bond motifs is 1. The number of anilines is 2. The molecular formula is C19H14F3N5O. The molecule has 0 amide bonds. The molecule has 28 heavy (non-hydrogen) atoms.